The number of thiophene rings is 1. The Morgan fingerprint density at radius 1 is 1.25 bits per heavy atom. The summed E-state index contributed by atoms with van der Waals surface area (Å²) in [4.78, 5) is 11.9. The second-order valence-electron chi connectivity index (χ2n) is 3.89. The molecule has 1 heterocycles. The zero-order chi connectivity index (χ0) is 14.5. The highest BCUT2D eigenvalue weighted by atomic mass is 35.5. The molecule has 1 aromatic carbocycles. The van der Waals surface area contributed by atoms with E-state index in [1.807, 2.05) is 19.1 Å². The van der Waals surface area contributed by atoms with Gasteiger partial charge in [-0.15, -0.1) is 11.3 Å². The number of hydrogen-bond acceptors (Lipinski definition) is 4. The molecule has 1 aromatic heterocycles. The van der Waals surface area contributed by atoms with Crippen LogP contribution in [0.15, 0.2) is 30.3 Å². The van der Waals surface area contributed by atoms with Crippen molar-refractivity contribution in [3.05, 3.63) is 45.1 Å². The second-order valence-corrected chi connectivity index (χ2v) is 5.69. The maximum Gasteiger partial charge on any atom is 0.335 e. The zero-order valence-corrected chi connectivity index (χ0v) is 12.3. The molecule has 2 aromatic rings. The fraction of sp³-hybridized carbons (Fsp3) is 0.214. The summed E-state index contributed by atoms with van der Waals surface area (Å²) < 4.78 is 11.8. The van der Waals surface area contributed by atoms with Gasteiger partial charge in [-0.25, -0.2) is 4.79 Å². The molecule has 4 nitrogen and oxygen atoms in total. The van der Waals surface area contributed by atoms with E-state index < -0.39 is 5.97 Å². The number of carboxylic acids is 1. The minimum absolute atomic E-state index is 0.167. The van der Waals surface area contributed by atoms with Crippen LogP contribution in [-0.2, 0) is 6.61 Å². The lowest BCUT2D eigenvalue weighted by Gasteiger charge is -2.11. The fourth-order valence-electron chi connectivity index (χ4n) is 1.61. The van der Waals surface area contributed by atoms with Crippen LogP contribution in [0.1, 0.15) is 22.2 Å². The van der Waals surface area contributed by atoms with E-state index in [2.05, 4.69) is 0 Å². The van der Waals surface area contributed by atoms with E-state index in [4.69, 9.17) is 26.2 Å². The third-order valence-electron chi connectivity index (χ3n) is 2.49. The molecule has 0 unspecified atom stereocenters. The van der Waals surface area contributed by atoms with E-state index in [0.29, 0.717) is 29.0 Å². The number of halogens is 1. The van der Waals surface area contributed by atoms with Crippen LogP contribution in [0.2, 0.25) is 4.34 Å². The molecule has 0 atom stereocenters. The Balaban J connectivity index is 2.15. The van der Waals surface area contributed by atoms with Crippen LogP contribution in [0, 0.1) is 0 Å². The van der Waals surface area contributed by atoms with E-state index in [1.165, 1.54) is 23.5 Å². The van der Waals surface area contributed by atoms with Crippen molar-refractivity contribution in [3.63, 3.8) is 0 Å². The van der Waals surface area contributed by atoms with E-state index in [1.54, 1.807) is 6.07 Å². The van der Waals surface area contributed by atoms with Crippen molar-refractivity contribution in [2.24, 2.45) is 0 Å². The standard InChI is InChI=1S/C14H13ClO4S/c1-2-18-12-7-9(14(16)17)3-5-11(12)19-8-10-4-6-13(15)20-10/h3-7H,2,8H2,1H3,(H,16,17). The Labute approximate surface area is 125 Å². The molecule has 0 amide bonds. The molecule has 0 saturated carbocycles. The van der Waals surface area contributed by atoms with E-state index >= 15 is 0 Å². The lowest BCUT2D eigenvalue weighted by Crippen LogP contribution is -2.02. The highest BCUT2D eigenvalue weighted by Gasteiger charge is 2.11. The molecule has 0 bridgehead atoms. The third-order valence-corrected chi connectivity index (χ3v) is 3.69. The lowest BCUT2D eigenvalue weighted by atomic mass is 10.2. The van der Waals surface area contributed by atoms with Gasteiger partial charge in [0.1, 0.15) is 6.61 Å². The van der Waals surface area contributed by atoms with Crippen molar-refractivity contribution in [2.45, 2.75) is 13.5 Å². The number of carbonyl (C=O) groups is 1. The normalized spacial score (nSPS) is 10.3. The predicted octanol–water partition coefficient (Wildman–Crippen LogP) is 4.08. The number of carboxylic acid groups (broad SMARTS) is 1. The van der Waals surface area contributed by atoms with Gasteiger partial charge < -0.3 is 14.6 Å². The lowest BCUT2D eigenvalue weighted by molar-refractivity contribution is 0.0696. The van der Waals surface area contributed by atoms with Crippen LogP contribution in [0.5, 0.6) is 11.5 Å². The zero-order valence-electron chi connectivity index (χ0n) is 10.8. The summed E-state index contributed by atoms with van der Waals surface area (Å²) in [7, 11) is 0. The highest BCUT2D eigenvalue weighted by molar-refractivity contribution is 7.16. The molecule has 20 heavy (non-hydrogen) atoms. The van der Waals surface area contributed by atoms with Crippen LogP contribution in [0.4, 0.5) is 0 Å². The first kappa shape index (κ1) is 14.7. The first-order chi connectivity index (χ1) is 9.60. The minimum atomic E-state index is -0.998. The number of rotatable bonds is 6. The molecule has 2 rings (SSSR count). The minimum Gasteiger partial charge on any atom is -0.490 e. The number of hydrogen-bond donors (Lipinski definition) is 1. The summed E-state index contributed by atoms with van der Waals surface area (Å²) in [6, 6.07) is 8.24. The summed E-state index contributed by atoms with van der Waals surface area (Å²) in [5.74, 6) is -0.0565. The van der Waals surface area contributed by atoms with Gasteiger partial charge in [-0.1, -0.05) is 11.6 Å². The Hall–Kier alpha value is -1.72. The van der Waals surface area contributed by atoms with E-state index in [9.17, 15) is 4.79 Å². The van der Waals surface area contributed by atoms with Gasteiger partial charge in [-0.2, -0.15) is 0 Å². The van der Waals surface area contributed by atoms with Crippen LogP contribution >= 0.6 is 22.9 Å². The molecule has 0 aliphatic rings. The van der Waals surface area contributed by atoms with Crippen LogP contribution in [0.25, 0.3) is 0 Å². The quantitative estimate of drug-likeness (QED) is 0.873. The number of benzene rings is 1. The van der Waals surface area contributed by atoms with E-state index in [0.717, 1.165) is 4.88 Å². The van der Waals surface area contributed by atoms with Gasteiger partial charge in [0.2, 0.25) is 0 Å². The molecule has 106 valence electrons. The average molecular weight is 313 g/mol. The van der Waals surface area contributed by atoms with Crippen molar-refractivity contribution < 1.29 is 19.4 Å². The highest BCUT2D eigenvalue weighted by Crippen LogP contribution is 2.30. The third kappa shape index (κ3) is 3.65. The SMILES string of the molecule is CCOc1cc(C(=O)O)ccc1OCc1ccc(Cl)s1. The van der Waals surface area contributed by atoms with Crippen LogP contribution in [-0.4, -0.2) is 17.7 Å². The van der Waals surface area contributed by atoms with Gasteiger partial charge in [0.25, 0.3) is 0 Å². The van der Waals surface area contributed by atoms with Crippen LogP contribution in [0.3, 0.4) is 0 Å². The molecular weight excluding hydrogens is 300 g/mol. The first-order valence-electron chi connectivity index (χ1n) is 5.97. The maximum absolute atomic E-state index is 10.9. The molecule has 0 spiro atoms. The Morgan fingerprint density at radius 3 is 2.65 bits per heavy atom. The monoisotopic (exact) mass is 312 g/mol. The first-order valence-corrected chi connectivity index (χ1v) is 7.16. The van der Waals surface area contributed by atoms with Gasteiger partial charge in [-0.05, 0) is 37.3 Å². The molecule has 0 radical (unpaired) electrons. The summed E-state index contributed by atoms with van der Waals surface area (Å²) in [5.41, 5.74) is 0.167. The number of aromatic carboxylic acids is 1. The van der Waals surface area contributed by atoms with Gasteiger partial charge in [0, 0.05) is 4.88 Å². The van der Waals surface area contributed by atoms with Gasteiger partial charge in [0.15, 0.2) is 11.5 Å². The predicted molar refractivity (Wildman–Crippen MR) is 78.2 cm³/mol. The van der Waals surface area contributed by atoms with Crippen molar-refractivity contribution in [3.8, 4) is 11.5 Å². The average Bonchev–Trinajstić information content (AvgIpc) is 2.83. The molecule has 0 fully saturated rings. The number of ether oxygens (including phenoxy) is 2. The van der Waals surface area contributed by atoms with Crippen molar-refractivity contribution >= 4 is 28.9 Å². The summed E-state index contributed by atoms with van der Waals surface area (Å²) in [6.07, 6.45) is 0. The maximum atomic E-state index is 10.9. The molecule has 0 aliphatic heterocycles. The van der Waals surface area contributed by atoms with Gasteiger partial charge >= 0.3 is 5.97 Å². The fourth-order valence-corrected chi connectivity index (χ4v) is 2.61. The van der Waals surface area contributed by atoms with Crippen molar-refractivity contribution in [1.29, 1.82) is 0 Å². The molecule has 6 heteroatoms. The van der Waals surface area contributed by atoms with Crippen LogP contribution < -0.4 is 9.47 Å². The van der Waals surface area contributed by atoms with Gasteiger partial charge in [0.05, 0.1) is 16.5 Å². The summed E-state index contributed by atoms with van der Waals surface area (Å²) >= 11 is 7.29. The van der Waals surface area contributed by atoms with Crippen molar-refractivity contribution in [2.75, 3.05) is 6.61 Å². The Kier molecular flexibility index (Phi) is 4.87. The molecule has 1 N–H and O–H groups in total. The second kappa shape index (κ2) is 6.63. The molecular formula is C14H13ClO4S. The Bertz CT molecular complexity index is 609. The summed E-state index contributed by atoms with van der Waals surface area (Å²) in [6.45, 7) is 2.63. The largest absolute Gasteiger partial charge is 0.490 e. The molecule has 0 saturated heterocycles. The smallest absolute Gasteiger partial charge is 0.335 e. The van der Waals surface area contributed by atoms with E-state index in [-0.39, 0.29) is 5.56 Å². The topological polar surface area (TPSA) is 55.8 Å². The van der Waals surface area contributed by atoms with Crippen molar-refractivity contribution in [1.82, 2.24) is 0 Å². The Morgan fingerprint density at radius 2 is 2.05 bits per heavy atom. The summed E-state index contributed by atoms with van der Waals surface area (Å²) in [5, 5.41) is 8.97. The van der Waals surface area contributed by atoms with Gasteiger partial charge in [-0.3, -0.25) is 0 Å². The molecule has 0 aliphatic carbocycles.